The van der Waals surface area contributed by atoms with Crippen molar-refractivity contribution in [3.8, 4) is 0 Å². The van der Waals surface area contributed by atoms with Crippen LogP contribution in [0.15, 0.2) is 51.9 Å². The van der Waals surface area contributed by atoms with E-state index in [1.807, 2.05) is 38.1 Å². The molecular weight excluding hydrogens is 834 g/mol. The number of aryl methyl sites for hydroxylation is 3. The zero-order valence-electron chi connectivity index (χ0n) is 33.9. The van der Waals surface area contributed by atoms with E-state index in [1.54, 1.807) is 18.5 Å². The minimum absolute atomic E-state index is 0.0432. The van der Waals surface area contributed by atoms with Gasteiger partial charge in [-0.05, 0) is 117 Å². The second-order valence-electron chi connectivity index (χ2n) is 18.2. The lowest BCUT2D eigenvalue weighted by Gasteiger charge is -2.29. The maximum atomic E-state index is 12.6. The average molecular weight is 888 g/mol. The van der Waals surface area contributed by atoms with Crippen LogP contribution in [0, 0.1) is 37.0 Å². The Morgan fingerprint density at radius 2 is 1.20 bits per heavy atom. The number of nitrogens with zero attached hydrogens (tertiary/aromatic N) is 2. The van der Waals surface area contributed by atoms with E-state index in [1.165, 1.54) is 0 Å². The number of hydrogen-bond donors (Lipinski definition) is 4. The lowest BCUT2D eigenvalue weighted by atomic mass is 9.75. The van der Waals surface area contributed by atoms with E-state index in [0.717, 1.165) is 86.7 Å². The van der Waals surface area contributed by atoms with Crippen LogP contribution in [0.3, 0.4) is 0 Å². The molecule has 9 nitrogen and oxygen atoms in total. The molecule has 0 saturated heterocycles. The van der Waals surface area contributed by atoms with Gasteiger partial charge in [0.1, 0.15) is 15.3 Å². The quantitative estimate of drug-likeness (QED) is 0.132. The summed E-state index contributed by atoms with van der Waals surface area (Å²) in [6.07, 6.45) is 7.84. The van der Waals surface area contributed by atoms with Crippen LogP contribution in [-0.2, 0) is 25.7 Å². The third kappa shape index (κ3) is 8.95. The number of aromatic amines is 3. The molecule has 0 bridgehead atoms. The second kappa shape index (κ2) is 15.8. The molecule has 0 aliphatic heterocycles. The van der Waals surface area contributed by atoms with Crippen molar-refractivity contribution in [2.45, 2.75) is 113 Å². The molecule has 8 rings (SSSR count). The first kappa shape index (κ1) is 41.7. The topological polar surface area (TPSA) is 145 Å². The largest absolute Gasteiger partial charge is 0.383 e. The third-order valence-electron chi connectivity index (χ3n) is 11.0. The molecule has 0 spiro atoms. The lowest BCUT2D eigenvalue weighted by Crippen LogP contribution is -2.27. The second-order valence-corrected chi connectivity index (χ2v) is 19.7. The molecule has 5 heterocycles. The van der Waals surface area contributed by atoms with Crippen molar-refractivity contribution in [1.82, 2.24) is 24.9 Å². The first-order chi connectivity index (χ1) is 26.1. The number of aliphatic hydroxyl groups excluding tert-OH is 1. The molecule has 0 fully saturated rings. The summed E-state index contributed by atoms with van der Waals surface area (Å²) in [4.78, 5) is 55.3. The van der Waals surface area contributed by atoms with Gasteiger partial charge in [0, 0.05) is 100 Å². The van der Waals surface area contributed by atoms with Gasteiger partial charge in [-0.2, -0.15) is 0 Å². The SMILES string of the molecule is Cc1[nH]c2c(c1C(O)c1cccnc1Br)C(=O)CC(C)(C)C2.Cc1[nH]c2c(c1Cc1cccnc1Br)C(=O)CC(C)(C)C2.Cc1cc2c([nH]1)CC(C)(C)CC2=O. The van der Waals surface area contributed by atoms with E-state index in [9.17, 15) is 19.5 Å². The van der Waals surface area contributed by atoms with Crippen molar-refractivity contribution >= 4 is 49.2 Å². The van der Waals surface area contributed by atoms with Gasteiger partial charge in [0.05, 0.1) is 0 Å². The van der Waals surface area contributed by atoms with Gasteiger partial charge in [-0.1, -0.05) is 53.7 Å². The van der Waals surface area contributed by atoms with Crippen LogP contribution >= 0.6 is 31.9 Å². The zero-order chi connectivity index (χ0) is 40.9. The van der Waals surface area contributed by atoms with Crippen molar-refractivity contribution < 1.29 is 19.5 Å². The van der Waals surface area contributed by atoms with Gasteiger partial charge in [-0.25, -0.2) is 9.97 Å². The van der Waals surface area contributed by atoms with Gasteiger partial charge in [0.25, 0.3) is 0 Å². The normalized spacial score (nSPS) is 18.1. The zero-order valence-corrected chi connectivity index (χ0v) is 37.1. The summed E-state index contributed by atoms with van der Waals surface area (Å²) in [5.41, 5.74) is 12.4. The van der Waals surface area contributed by atoms with Crippen LogP contribution in [0.2, 0.25) is 0 Å². The summed E-state index contributed by atoms with van der Waals surface area (Å²) in [5.74, 6) is 0.654. The third-order valence-corrected chi connectivity index (χ3v) is 12.4. The predicted molar refractivity (Wildman–Crippen MR) is 227 cm³/mol. The highest BCUT2D eigenvalue weighted by Crippen LogP contribution is 2.41. The summed E-state index contributed by atoms with van der Waals surface area (Å²) < 4.78 is 1.45. The van der Waals surface area contributed by atoms with Gasteiger partial charge in [0.15, 0.2) is 17.3 Å². The molecule has 0 aromatic carbocycles. The van der Waals surface area contributed by atoms with Crippen molar-refractivity contribution in [3.63, 3.8) is 0 Å². The fraction of sp³-hybridized carbons (Fsp3) is 0.444. The molecule has 5 aromatic heterocycles. The number of rotatable bonds is 4. The van der Waals surface area contributed by atoms with Gasteiger partial charge >= 0.3 is 0 Å². The molecule has 3 aliphatic rings. The Labute approximate surface area is 346 Å². The van der Waals surface area contributed by atoms with E-state index in [-0.39, 0.29) is 33.6 Å². The summed E-state index contributed by atoms with van der Waals surface area (Å²) in [5, 5.41) is 10.8. The van der Waals surface area contributed by atoms with Gasteiger partial charge in [-0.15, -0.1) is 0 Å². The minimum Gasteiger partial charge on any atom is -0.383 e. The molecule has 3 aliphatic carbocycles. The number of Topliss-reactive ketones (excluding diaryl/α,β-unsaturated/α-hetero) is 3. The number of aliphatic hydroxyl groups is 1. The number of fused-ring (bicyclic) bond motifs is 3. The first-order valence-electron chi connectivity index (χ1n) is 19.2. The number of ketones is 3. The Kier molecular flexibility index (Phi) is 11.8. The van der Waals surface area contributed by atoms with Crippen molar-refractivity contribution in [2.75, 3.05) is 0 Å². The highest BCUT2D eigenvalue weighted by Gasteiger charge is 2.38. The predicted octanol–water partition coefficient (Wildman–Crippen LogP) is 10.4. The van der Waals surface area contributed by atoms with Crippen LogP contribution in [-0.4, -0.2) is 47.4 Å². The summed E-state index contributed by atoms with van der Waals surface area (Å²) in [7, 11) is 0. The molecule has 56 heavy (non-hydrogen) atoms. The van der Waals surface area contributed by atoms with E-state index in [0.29, 0.717) is 40.6 Å². The van der Waals surface area contributed by atoms with E-state index < -0.39 is 6.10 Å². The van der Waals surface area contributed by atoms with Gasteiger partial charge < -0.3 is 20.1 Å². The number of H-pyrrole nitrogens is 3. The Hall–Kier alpha value is -3.93. The number of pyridine rings is 2. The van der Waals surface area contributed by atoms with Crippen LogP contribution in [0.25, 0.3) is 0 Å². The molecule has 4 N–H and O–H groups in total. The number of carbonyl (C=O) groups is 3. The smallest absolute Gasteiger partial charge is 0.165 e. The fourth-order valence-electron chi connectivity index (χ4n) is 8.66. The average Bonchev–Trinajstić information content (AvgIpc) is 3.71. The highest BCUT2D eigenvalue weighted by atomic mass is 79.9. The van der Waals surface area contributed by atoms with Crippen molar-refractivity contribution in [3.05, 3.63) is 125 Å². The number of nitrogens with one attached hydrogen (secondary N) is 3. The molecule has 0 radical (unpaired) electrons. The Bertz CT molecular complexity index is 2330. The van der Waals surface area contributed by atoms with Gasteiger partial charge in [-0.3, -0.25) is 14.4 Å². The minimum atomic E-state index is -0.867. The number of carbonyl (C=O) groups excluding carboxylic acids is 3. The molecule has 1 unspecified atom stereocenters. The molecule has 296 valence electrons. The number of halogens is 2. The van der Waals surface area contributed by atoms with E-state index in [4.69, 9.17) is 0 Å². The Balaban J connectivity index is 0.000000147. The maximum absolute atomic E-state index is 12.6. The summed E-state index contributed by atoms with van der Waals surface area (Å²) in [6, 6.07) is 9.54. The monoisotopic (exact) mass is 885 g/mol. The molecular formula is C45H53Br2N5O4. The molecule has 5 aromatic rings. The Morgan fingerprint density at radius 1 is 0.679 bits per heavy atom. The molecule has 0 amide bonds. The molecule has 11 heteroatoms. The molecule has 0 saturated carbocycles. The van der Waals surface area contributed by atoms with E-state index >= 15 is 0 Å². The maximum Gasteiger partial charge on any atom is 0.165 e. The van der Waals surface area contributed by atoms with Gasteiger partial charge in [0.2, 0.25) is 0 Å². The first-order valence-corrected chi connectivity index (χ1v) is 20.8. The summed E-state index contributed by atoms with van der Waals surface area (Å²) in [6.45, 7) is 18.7. The molecule has 1 atom stereocenters. The highest BCUT2D eigenvalue weighted by molar-refractivity contribution is 9.10. The van der Waals surface area contributed by atoms with E-state index in [2.05, 4.69) is 105 Å². The van der Waals surface area contributed by atoms with Crippen molar-refractivity contribution in [2.24, 2.45) is 16.2 Å². The standard InChI is InChI=1S/C17H19BrN2O2.C17H19BrN2O.C11H15NO/c1-9-13(15(22)10-5-4-6-19-16(10)18)14-11(20-9)7-17(2,3)8-12(14)21;1-10-12(7-11-5-4-6-19-16(11)18)15-13(20-10)8-17(2,3)9-14(15)21;1-7-4-8-9(12-7)5-11(2,3)6-10(8)13/h4-6,15,20,22H,7-8H2,1-3H3;4-6,20H,7-9H2,1-3H3;4,12H,5-6H2,1-3H3. The van der Waals surface area contributed by atoms with Crippen LogP contribution in [0.5, 0.6) is 0 Å². The van der Waals surface area contributed by atoms with Crippen LogP contribution < -0.4 is 0 Å². The van der Waals surface area contributed by atoms with Crippen molar-refractivity contribution in [1.29, 1.82) is 0 Å². The Morgan fingerprint density at radius 3 is 1.80 bits per heavy atom. The summed E-state index contributed by atoms with van der Waals surface area (Å²) >= 11 is 6.86. The van der Waals surface area contributed by atoms with Crippen LogP contribution in [0.4, 0.5) is 0 Å². The fourth-order valence-corrected chi connectivity index (χ4v) is 9.51. The number of hydrogen-bond acceptors (Lipinski definition) is 6. The van der Waals surface area contributed by atoms with Crippen LogP contribution in [0.1, 0.15) is 154 Å². The lowest BCUT2D eigenvalue weighted by molar-refractivity contribution is 0.0898. The number of aromatic nitrogens is 5.